The van der Waals surface area contributed by atoms with E-state index in [1.54, 1.807) is 7.11 Å². The van der Waals surface area contributed by atoms with Crippen molar-refractivity contribution in [1.82, 2.24) is 14.9 Å². The summed E-state index contributed by atoms with van der Waals surface area (Å²) >= 11 is 0. The largest absolute Gasteiger partial charge is 0.383 e. The molecule has 0 spiro atoms. The smallest absolute Gasteiger partial charge is 0.227 e. The molecule has 0 radical (unpaired) electrons. The van der Waals surface area contributed by atoms with Gasteiger partial charge in [-0.05, 0) is 18.9 Å². The second-order valence-electron chi connectivity index (χ2n) is 5.41. The van der Waals surface area contributed by atoms with E-state index in [1.807, 2.05) is 18.0 Å². The standard InChI is InChI=1S/C14H22N6O/c1-19(14-17-8-12(7-15)13(16)18-14)9-11-3-4-20(10-11)5-6-21-2/h8,11H,3-6,9-10H2,1-2H3,(H2,16,17,18)/t11-/m1/s1. The summed E-state index contributed by atoms with van der Waals surface area (Å²) in [6.07, 6.45) is 2.65. The van der Waals surface area contributed by atoms with Crippen molar-refractivity contribution in [2.24, 2.45) is 5.92 Å². The Balaban J connectivity index is 1.89. The summed E-state index contributed by atoms with van der Waals surface area (Å²) < 4.78 is 5.11. The van der Waals surface area contributed by atoms with Gasteiger partial charge in [0.25, 0.3) is 0 Å². The molecule has 1 fully saturated rings. The third kappa shape index (κ3) is 4.03. The third-order valence-corrected chi connectivity index (χ3v) is 3.78. The minimum atomic E-state index is 0.238. The molecule has 1 aliphatic rings. The average Bonchev–Trinajstić information content (AvgIpc) is 2.92. The maximum atomic E-state index is 8.84. The number of hydrogen-bond donors (Lipinski definition) is 1. The first-order valence-electron chi connectivity index (χ1n) is 7.09. The van der Waals surface area contributed by atoms with E-state index >= 15 is 0 Å². The molecule has 7 nitrogen and oxygen atoms in total. The first-order valence-corrected chi connectivity index (χ1v) is 7.09. The lowest BCUT2D eigenvalue weighted by molar-refractivity contribution is 0.159. The maximum absolute atomic E-state index is 8.84. The predicted molar refractivity (Wildman–Crippen MR) is 80.9 cm³/mol. The van der Waals surface area contributed by atoms with E-state index in [-0.39, 0.29) is 5.82 Å². The van der Waals surface area contributed by atoms with E-state index in [0.29, 0.717) is 17.4 Å². The van der Waals surface area contributed by atoms with Crippen LogP contribution in [-0.4, -0.2) is 61.8 Å². The van der Waals surface area contributed by atoms with E-state index in [2.05, 4.69) is 14.9 Å². The van der Waals surface area contributed by atoms with Gasteiger partial charge in [-0.15, -0.1) is 0 Å². The van der Waals surface area contributed by atoms with Crippen molar-refractivity contribution in [2.75, 3.05) is 57.6 Å². The number of hydrogen-bond acceptors (Lipinski definition) is 7. The van der Waals surface area contributed by atoms with Gasteiger partial charge in [-0.25, -0.2) is 4.98 Å². The van der Waals surface area contributed by atoms with Crippen LogP contribution in [0.1, 0.15) is 12.0 Å². The number of rotatable bonds is 6. The van der Waals surface area contributed by atoms with Crippen molar-refractivity contribution >= 4 is 11.8 Å². The van der Waals surface area contributed by atoms with Gasteiger partial charge in [-0.1, -0.05) is 0 Å². The van der Waals surface area contributed by atoms with Crippen LogP contribution >= 0.6 is 0 Å². The molecule has 0 unspecified atom stereocenters. The second kappa shape index (κ2) is 7.20. The highest BCUT2D eigenvalue weighted by molar-refractivity contribution is 5.50. The summed E-state index contributed by atoms with van der Waals surface area (Å²) in [7, 11) is 3.69. The van der Waals surface area contributed by atoms with Gasteiger partial charge in [-0.2, -0.15) is 10.2 Å². The molecule has 0 bridgehead atoms. The highest BCUT2D eigenvalue weighted by Gasteiger charge is 2.24. The van der Waals surface area contributed by atoms with E-state index in [0.717, 1.165) is 32.8 Å². The lowest BCUT2D eigenvalue weighted by Gasteiger charge is -2.22. The second-order valence-corrected chi connectivity index (χ2v) is 5.41. The van der Waals surface area contributed by atoms with Crippen LogP contribution in [0.3, 0.4) is 0 Å². The molecule has 2 N–H and O–H groups in total. The highest BCUT2D eigenvalue weighted by atomic mass is 16.5. The van der Waals surface area contributed by atoms with Gasteiger partial charge >= 0.3 is 0 Å². The predicted octanol–water partition coefficient (Wildman–Crippen LogP) is 0.335. The number of nitrogens with zero attached hydrogens (tertiary/aromatic N) is 5. The van der Waals surface area contributed by atoms with Crippen molar-refractivity contribution in [3.8, 4) is 6.07 Å². The molecular weight excluding hydrogens is 268 g/mol. The lowest BCUT2D eigenvalue weighted by atomic mass is 10.1. The summed E-state index contributed by atoms with van der Waals surface area (Å²) in [5, 5.41) is 8.84. The quantitative estimate of drug-likeness (QED) is 0.807. The van der Waals surface area contributed by atoms with Gasteiger partial charge in [-0.3, -0.25) is 0 Å². The molecule has 2 rings (SSSR count). The Hall–Kier alpha value is -1.91. The minimum Gasteiger partial charge on any atom is -0.383 e. The molecule has 1 saturated heterocycles. The van der Waals surface area contributed by atoms with Crippen LogP contribution in [0.5, 0.6) is 0 Å². The Morgan fingerprint density at radius 2 is 2.43 bits per heavy atom. The first kappa shape index (κ1) is 15.5. The fourth-order valence-corrected chi connectivity index (χ4v) is 2.61. The molecule has 1 aromatic rings. The average molecular weight is 290 g/mol. The number of anilines is 2. The maximum Gasteiger partial charge on any atom is 0.227 e. The Labute approximate surface area is 125 Å². The van der Waals surface area contributed by atoms with Crippen LogP contribution in [0.25, 0.3) is 0 Å². The number of likely N-dealkylation sites (tertiary alicyclic amines) is 1. The molecule has 0 aliphatic carbocycles. The molecule has 2 heterocycles. The van der Waals surface area contributed by atoms with Gasteiger partial charge in [0.15, 0.2) is 0 Å². The van der Waals surface area contributed by atoms with E-state index < -0.39 is 0 Å². The molecule has 1 aliphatic heterocycles. The molecule has 1 atom stereocenters. The SMILES string of the molecule is COCCN1CC[C@H](CN(C)c2ncc(C#N)c(N)n2)C1. The van der Waals surface area contributed by atoms with Crippen LogP contribution < -0.4 is 10.6 Å². The molecule has 21 heavy (non-hydrogen) atoms. The van der Waals surface area contributed by atoms with Gasteiger partial charge in [0.2, 0.25) is 5.95 Å². The number of ether oxygens (including phenoxy) is 1. The van der Waals surface area contributed by atoms with Crippen molar-refractivity contribution < 1.29 is 4.74 Å². The number of methoxy groups -OCH3 is 1. The molecule has 114 valence electrons. The highest BCUT2D eigenvalue weighted by Crippen LogP contribution is 2.19. The molecule has 0 saturated carbocycles. The summed E-state index contributed by atoms with van der Waals surface area (Å²) in [4.78, 5) is 12.8. The third-order valence-electron chi connectivity index (χ3n) is 3.78. The molecule has 0 amide bonds. The molecular formula is C14H22N6O. The van der Waals surface area contributed by atoms with Gasteiger partial charge < -0.3 is 20.3 Å². The van der Waals surface area contributed by atoms with Crippen LogP contribution in [0.15, 0.2) is 6.20 Å². The number of aromatic nitrogens is 2. The van der Waals surface area contributed by atoms with E-state index in [4.69, 9.17) is 15.7 Å². The zero-order chi connectivity index (χ0) is 15.2. The molecule has 1 aromatic heterocycles. The zero-order valence-corrected chi connectivity index (χ0v) is 12.6. The van der Waals surface area contributed by atoms with Gasteiger partial charge in [0.1, 0.15) is 17.5 Å². The lowest BCUT2D eigenvalue weighted by Crippen LogP contribution is -2.30. The zero-order valence-electron chi connectivity index (χ0n) is 12.6. The van der Waals surface area contributed by atoms with E-state index in [9.17, 15) is 0 Å². The monoisotopic (exact) mass is 290 g/mol. The molecule has 7 heteroatoms. The van der Waals surface area contributed by atoms with Gasteiger partial charge in [0, 0.05) is 33.8 Å². The van der Waals surface area contributed by atoms with Gasteiger partial charge in [0.05, 0.1) is 12.8 Å². The van der Waals surface area contributed by atoms with Crippen molar-refractivity contribution in [3.05, 3.63) is 11.8 Å². The summed E-state index contributed by atoms with van der Waals surface area (Å²) in [5.74, 6) is 1.40. The van der Waals surface area contributed by atoms with Crippen LogP contribution in [0.2, 0.25) is 0 Å². The van der Waals surface area contributed by atoms with Crippen LogP contribution in [0, 0.1) is 17.2 Å². The normalized spacial score (nSPS) is 18.6. The van der Waals surface area contributed by atoms with E-state index in [1.165, 1.54) is 12.6 Å². The minimum absolute atomic E-state index is 0.238. The fourth-order valence-electron chi connectivity index (χ4n) is 2.61. The summed E-state index contributed by atoms with van der Waals surface area (Å²) in [6, 6.07) is 1.97. The van der Waals surface area contributed by atoms with Crippen molar-refractivity contribution in [1.29, 1.82) is 5.26 Å². The first-order chi connectivity index (χ1) is 10.1. The number of nitrogens with two attached hydrogens (primary N) is 1. The topological polar surface area (TPSA) is 91.3 Å². The fraction of sp³-hybridized carbons (Fsp3) is 0.643. The van der Waals surface area contributed by atoms with Crippen LogP contribution in [0.4, 0.5) is 11.8 Å². The number of nitriles is 1. The Morgan fingerprint density at radius 1 is 1.62 bits per heavy atom. The Morgan fingerprint density at radius 3 is 3.10 bits per heavy atom. The van der Waals surface area contributed by atoms with Crippen LogP contribution in [-0.2, 0) is 4.74 Å². The Kier molecular flexibility index (Phi) is 5.31. The van der Waals surface area contributed by atoms with Crippen molar-refractivity contribution in [3.63, 3.8) is 0 Å². The summed E-state index contributed by atoms with van der Waals surface area (Å²) in [6.45, 7) is 4.82. The molecule has 0 aromatic carbocycles. The van der Waals surface area contributed by atoms with Crippen molar-refractivity contribution in [2.45, 2.75) is 6.42 Å². The number of nitrogen functional groups attached to an aromatic ring is 1. The summed E-state index contributed by atoms with van der Waals surface area (Å²) in [5.41, 5.74) is 6.05. The Bertz CT molecular complexity index is 515.